The number of benzene rings is 1. The van der Waals surface area contributed by atoms with E-state index in [1.807, 2.05) is 39.8 Å². The van der Waals surface area contributed by atoms with Crippen LogP contribution in [-0.2, 0) is 0 Å². The summed E-state index contributed by atoms with van der Waals surface area (Å²) in [6.07, 6.45) is 5.62. The zero-order valence-electron chi connectivity index (χ0n) is 15.5. The van der Waals surface area contributed by atoms with Crippen molar-refractivity contribution in [3.05, 3.63) is 78.5 Å². The Bertz CT molecular complexity index is 642. The van der Waals surface area contributed by atoms with Crippen LogP contribution in [0.15, 0.2) is 61.7 Å². The average Bonchev–Trinajstić information content (AvgIpc) is 3.03. The highest BCUT2D eigenvalue weighted by Crippen LogP contribution is 2.27. The second-order valence-corrected chi connectivity index (χ2v) is 4.65. The zero-order valence-corrected chi connectivity index (χ0v) is 15.5. The fraction of sp³-hybridized carbons (Fsp3) is 0.273. The Morgan fingerprint density at radius 2 is 1.61 bits per heavy atom. The van der Waals surface area contributed by atoms with Gasteiger partial charge in [0.05, 0.1) is 0 Å². The highest BCUT2D eigenvalue weighted by atomic mass is 14.7. The molecule has 0 aliphatic carbocycles. The van der Waals surface area contributed by atoms with Crippen molar-refractivity contribution in [2.24, 2.45) is 0 Å². The molecular formula is C22H31N. The third kappa shape index (κ3) is 5.78. The van der Waals surface area contributed by atoms with Crippen molar-refractivity contribution < 1.29 is 0 Å². The Morgan fingerprint density at radius 3 is 2.09 bits per heavy atom. The minimum atomic E-state index is 1.08. The molecule has 1 nitrogen and oxygen atoms in total. The molecule has 1 N–H and O–H groups in total. The van der Waals surface area contributed by atoms with E-state index in [1.54, 1.807) is 6.08 Å². The van der Waals surface area contributed by atoms with Crippen LogP contribution in [0.2, 0.25) is 0 Å². The number of aryl methyl sites for hydroxylation is 2. The van der Waals surface area contributed by atoms with Gasteiger partial charge in [0.15, 0.2) is 0 Å². The van der Waals surface area contributed by atoms with Crippen LogP contribution in [-0.4, -0.2) is 4.98 Å². The van der Waals surface area contributed by atoms with Crippen LogP contribution in [0.1, 0.15) is 44.5 Å². The topological polar surface area (TPSA) is 15.8 Å². The van der Waals surface area contributed by atoms with E-state index in [4.69, 9.17) is 0 Å². The molecule has 2 rings (SSSR count). The molecule has 2 aromatic rings. The Labute approximate surface area is 142 Å². The lowest BCUT2D eigenvalue weighted by atomic mass is 9.98. The molecule has 0 saturated heterocycles. The highest BCUT2D eigenvalue weighted by Gasteiger charge is 2.06. The van der Waals surface area contributed by atoms with Crippen LogP contribution in [0.25, 0.3) is 16.8 Å². The smallest absolute Gasteiger partial charge is 0.0458 e. The Hall–Kier alpha value is -2.28. The number of rotatable bonds is 4. The molecule has 0 amide bonds. The summed E-state index contributed by atoms with van der Waals surface area (Å²) in [5.74, 6) is 0. The number of hydrogen-bond acceptors (Lipinski definition) is 0. The molecule has 0 unspecified atom stereocenters. The second-order valence-electron chi connectivity index (χ2n) is 4.65. The first-order chi connectivity index (χ1) is 11.2. The summed E-state index contributed by atoms with van der Waals surface area (Å²) in [6.45, 7) is 19.8. The highest BCUT2D eigenvalue weighted by molar-refractivity contribution is 5.78. The summed E-state index contributed by atoms with van der Waals surface area (Å²) in [5, 5.41) is 0. The Balaban J connectivity index is 0.00000112. The van der Waals surface area contributed by atoms with Gasteiger partial charge < -0.3 is 4.98 Å². The Kier molecular flexibility index (Phi) is 10.2. The monoisotopic (exact) mass is 309 g/mol. The summed E-state index contributed by atoms with van der Waals surface area (Å²) < 4.78 is 0. The van der Waals surface area contributed by atoms with Crippen molar-refractivity contribution in [1.29, 1.82) is 0 Å². The van der Waals surface area contributed by atoms with Gasteiger partial charge in [0, 0.05) is 17.0 Å². The van der Waals surface area contributed by atoms with Gasteiger partial charge in [-0.2, -0.15) is 0 Å². The summed E-state index contributed by atoms with van der Waals surface area (Å²) in [7, 11) is 0. The summed E-state index contributed by atoms with van der Waals surface area (Å²) in [5.41, 5.74) is 7.04. The zero-order chi connectivity index (χ0) is 17.8. The quantitative estimate of drug-likeness (QED) is 0.579. The van der Waals surface area contributed by atoms with Crippen molar-refractivity contribution in [3.63, 3.8) is 0 Å². The lowest BCUT2D eigenvalue weighted by molar-refractivity contribution is 1.26. The van der Waals surface area contributed by atoms with Gasteiger partial charge in [0.25, 0.3) is 0 Å². The first-order valence-electron chi connectivity index (χ1n) is 8.38. The number of allylic oxidation sites excluding steroid dienone is 4. The van der Waals surface area contributed by atoms with Crippen LogP contribution in [0, 0.1) is 13.8 Å². The van der Waals surface area contributed by atoms with E-state index >= 15 is 0 Å². The van der Waals surface area contributed by atoms with Gasteiger partial charge in [-0.05, 0) is 48.7 Å². The fourth-order valence-corrected chi connectivity index (χ4v) is 2.16. The number of hydrogen-bond donors (Lipinski definition) is 1. The molecule has 0 atom stereocenters. The number of aromatic amines is 1. The van der Waals surface area contributed by atoms with Crippen LogP contribution in [0.4, 0.5) is 0 Å². The van der Waals surface area contributed by atoms with Crippen molar-refractivity contribution in [1.82, 2.24) is 4.98 Å². The Morgan fingerprint density at radius 1 is 0.957 bits per heavy atom. The van der Waals surface area contributed by atoms with E-state index in [0.717, 1.165) is 16.8 Å². The molecule has 0 radical (unpaired) electrons. The van der Waals surface area contributed by atoms with E-state index < -0.39 is 0 Å². The van der Waals surface area contributed by atoms with Gasteiger partial charge in [-0.15, -0.1) is 0 Å². The van der Waals surface area contributed by atoms with Gasteiger partial charge in [-0.3, -0.25) is 0 Å². The molecular weight excluding hydrogens is 278 g/mol. The largest absolute Gasteiger partial charge is 0.359 e. The molecule has 0 bridgehead atoms. The fourth-order valence-electron chi connectivity index (χ4n) is 2.16. The third-order valence-electron chi connectivity index (χ3n) is 3.21. The maximum atomic E-state index is 3.86. The molecule has 1 aromatic carbocycles. The molecule has 0 spiro atoms. The molecule has 1 aromatic heterocycles. The van der Waals surface area contributed by atoms with Gasteiger partial charge in [0.2, 0.25) is 0 Å². The normalized spacial score (nSPS) is 9.91. The van der Waals surface area contributed by atoms with E-state index in [-0.39, 0.29) is 0 Å². The maximum absolute atomic E-state index is 3.86. The molecule has 1 heteroatoms. The van der Waals surface area contributed by atoms with E-state index in [0.29, 0.717) is 0 Å². The standard InChI is InChI=1S/C18H19N.2C2H6/c1-5-7-15(6-2)16-10-8-13(3)17(12-16)18-11-9-14(4)19-18;2*1-2/h5-12,19H,1-2H2,3-4H3;2*1-2H3/b15-7+;;. The molecule has 124 valence electrons. The van der Waals surface area contributed by atoms with Gasteiger partial charge in [-0.1, -0.05) is 71.2 Å². The third-order valence-corrected chi connectivity index (χ3v) is 3.21. The lowest BCUT2D eigenvalue weighted by Gasteiger charge is -2.08. The van der Waals surface area contributed by atoms with E-state index in [1.165, 1.54) is 16.8 Å². The molecule has 0 aliphatic heterocycles. The molecule has 1 heterocycles. The molecule has 0 fully saturated rings. The second kappa shape index (κ2) is 11.3. The lowest BCUT2D eigenvalue weighted by Crippen LogP contribution is -1.88. The first-order valence-corrected chi connectivity index (χ1v) is 8.38. The summed E-state index contributed by atoms with van der Waals surface area (Å²) in [4.78, 5) is 3.38. The van der Waals surface area contributed by atoms with Crippen LogP contribution in [0.3, 0.4) is 0 Å². The van der Waals surface area contributed by atoms with Crippen molar-refractivity contribution in [2.75, 3.05) is 0 Å². The van der Waals surface area contributed by atoms with Crippen LogP contribution >= 0.6 is 0 Å². The van der Waals surface area contributed by atoms with Crippen molar-refractivity contribution in [3.8, 4) is 11.3 Å². The number of H-pyrrole nitrogens is 1. The predicted molar refractivity (Wildman–Crippen MR) is 107 cm³/mol. The van der Waals surface area contributed by atoms with Crippen LogP contribution < -0.4 is 0 Å². The molecule has 0 aliphatic rings. The number of aromatic nitrogens is 1. The first kappa shape index (κ1) is 20.7. The number of nitrogens with one attached hydrogen (secondary N) is 1. The van der Waals surface area contributed by atoms with Gasteiger partial charge in [0.1, 0.15) is 0 Å². The van der Waals surface area contributed by atoms with E-state index in [2.05, 4.69) is 62.3 Å². The maximum Gasteiger partial charge on any atom is 0.0458 e. The SMILES string of the molecule is C=C/C=C(\C=C)c1ccc(C)c(-c2ccc(C)[nH]2)c1.CC.CC. The predicted octanol–water partition coefficient (Wildman–Crippen LogP) is 7.11. The van der Waals surface area contributed by atoms with Gasteiger partial charge in [-0.25, -0.2) is 0 Å². The van der Waals surface area contributed by atoms with Crippen molar-refractivity contribution in [2.45, 2.75) is 41.5 Å². The summed E-state index contributed by atoms with van der Waals surface area (Å²) >= 11 is 0. The van der Waals surface area contributed by atoms with E-state index in [9.17, 15) is 0 Å². The summed E-state index contributed by atoms with van der Waals surface area (Å²) in [6, 6.07) is 10.7. The molecule has 0 saturated carbocycles. The van der Waals surface area contributed by atoms with Crippen LogP contribution in [0.5, 0.6) is 0 Å². The molecule has 23 heavy (non-hydrogen) atoms. The minimum Gasteiger partial charge on any atom is -0.359 e. The van der Waals surface area contributed by atoms with Crippen molar-refractivity contribution >= 4 is 5.57 Å². The van der Waals surface area contributed by atoms with Gasteiger partial charge >= 0.3 is 0 Å². The average molecular weight is 309 g/mol. The minimum absolute atomic E-state index is 1.08.